The van der Waals surface area contributed by atoms with E-state index in [1.165, 1.54) is 20.3 Å². The molecule has 0 aliphatic carbocycles. The molecule has 0 amide bonds. The van der Waals surface area contributed by atoms with E-state index in [9.17, 15) is 9.18 Å². The lowest BCUT2D eigenvalue weighted by molar-refractivity contribution is 0.0597. The number of guanidine groups is 1. The van der Waals surface area contributed by atoms with Gasteiger partial charge in [-0.1, -0.05) is 6.07 Å². The number of carbonyl (C=O) groups excluding carboxylic acids is 1. The molecule has 0 saturated carbocycles. The second-order valence-electron chi connectivity index (χ2n) is 6.84. The van der Waals surface area contributed by atoms with Gasteiger partial charge in [-0.3, -0.25) is 4.99 Å². The highest BCUT2D eigenvalue weighted by Gasteiger charge is 2.26. The first-order valence-electron chi connectivity index (χ1n) is 9.63. The third-order valence-electron chi connectivity index (χ3n) is 4.92. The third kappa shape index (κ3) is 4.97. The van der Waals surface area contributed by atoms with Crippen LogP contribution in [0.1, 0.15) is 22.3 Å². The van der Waals surface area contributed by atoms with Crippen LogP contribution in [0, 0.1) is 5.82 Å². The van der Waals surface area contributed by atoms with E-state index in [1.54, 1.807) is 31.4 Å². The average molecular weight is 415 g/mol. The second kappa shape index (κ2) is 9.91. The van der Waals surface area contributed by atoms with Gasteiger partial charge >= 0.3 is 5.97 Å². The number of hydrogen-bond acceptors (Lipinski definition) is 6. The van der Waals surface area contributed by atoms with Gasteiger partial charge < -0.3 is 25.0 Å². The highest BCUT2D eigenvalue weighted by molar-refractivity contribution is 5.92. The lowest BCUT2D eigenvalue weighted by atomic mass is 10.1. The smallest absolute Gasteiger partial charge is 0.341 e. The average Bonchev–Trinajstić information content (AvgIpc) is 3.24. The Hall–Kier alpha value is -3.36. The van der Waals surface area contributed by atoms with Crippen LogP contribution in [0.15, 0.2) is 41.5 Å². The highest BCUT2D eigenvalue weighted by atomic mass is 19.1. The molecule has 8 nitrogen and oxygen atoms in total. The number of aromatic nitrogens is 1. The van der Waals surface area contributed by atoms with Gasteiger partial charge in [0, 0.05) is 38.9 Å². The maximum atomic E-state index is 14.0. The number of halogens is 1. The first kappa shape index (κ1) is 21.4. The molecule has 1 unspecified atom stereocenters. The first-order valence-corrected chi connectivity index (χ1v) is 9.63. The Morgan fingerprint density at radius 3 is 2.90 bits per heavy atom. The van der Waals surface area contributed by atoms with E-state index >= 15 is 0 Å². The van der Waals surface area contributed by atoms with Gasteiger partial charge in [-0.05, 0) is 36.2 Å². The fraction of sp³-hybridized carbons (Fsp3) is 0.381. The molecule has 1 aromatic heterocycles. The number of benzene rings is 1. The number of rotatable bonds is 6. The van der Waals surface area contributed by atoms with Crippen LogP contribution in [0.2, 0.25) is 0 Å². The number of nitrogens with zero attached hydrogens (tertiary/aromatic N) is 3. The van der Waals surface area contributed by atoms with Crippen LogP contribution >= 0.6 is 0 Å². The van der Waals surface area contributed by atoms with Crippen molar-refractivity contribution in [1.82, 2.24) is 15.6 Å². The van der Waals surface area contributed by atoms with Crippen LogP contribution in [0.3, 0.4) is 0 Å². The van der Waals surface area contributed by atoms with Crippen molar-refractivity contribution >= 4 is 17.7 Å². The Kier molecular flexibility index (Phi) is 7.05. The van der Waals surface area contributed by atoms with Crippen LogP contribution < -0.4 is 20.3 Å². The summed E-state index contributed by atoms with van der Waals surface area (Å²) in [5, 5.41) is 6.59. The molecule has 1 atom stereocenters. The summed E-state index contributed by atoms with van der Waals surface area (Å²) in [5.74, 6) is 0.684. The molecule has 1 aromatic carbocycles. The second-order valence-corrected chi connectivity index (χ2v) is 6.84. The minimum atomic E-state index is -0.455. The Balaban J connectivity index is 1.58. The summed E-state index contributed by atoms with van der Waals surface area (Å²) >= 11 is 0. The maximum Gasteiger partial charge on any atom is 0.341 e. The quantitative estimate of drug-likeness (QED) is 0.424. The zero-order chi connectivity index (χ0) is 21.5. The zero-order valence-corrected chi connectivity index (χ0v) is 17.3. The first-order chi connectivity index (χ1) is 14.5. The van der Waals surface area contributed by atoms with Crippen LogP contribution in [0.4, 0.5) is 10.2 Å². The molecule has 30 heavy (non-hydrogen) atoms. The Labute approximate surface area is 175 Å². The SMILES string of the molecule is CN=C(NCc1ccc(OC)c(C(=O)OC)c1)NC1CCN(c2ncccc2F)C1. The fourth-order valence-corrected chi connectivity index (χ4v) is 3.39. The molecule has 2 aromatic rings. The molecule has 2 heterocycles. The number of carbonyl (C=O) groups is 1. The van der Waals surface area contributed by atoms with Crippen molar-refractivity contribution in [3.63, 3.8) is 0 Å². The summed E-state index contributed by atoms with van der Waals surface area (Å²) in [6.07, 6.45) is 2.43. The molecule has 1 saturated heterocycles. The molecular weight excluding hydrogens is 389 g/mol. The van der Waals surface area contributed by atoms with E-state index in [-0.39, 0.29) is 11.9 Å². The third-order valence-corrected chi connectivity index (χ3v) is 4.92. The number of methoxy groups -OCH3 is 2. The van der Waals surface area contributed by atoms with E-state index < -0.39 is 5.97 Å². The minimum Gasteiger partial charge on any atom is -0.496 e. The number of aliphatic imine (C=N–C) groups is 1. The van der Waals surface area contributed by atoms with E-state index in [0.29, 0.717) is 42.7 Å². The Bertz CT molecular complexity index is 921. The molecule has 0 bridgehead atoms. The molecule has 1 aliphatic heterocycles. The van der Waals surface area contributed by atoms with Crippen molar-refractivity contribution in [3.8, 4) is 5.75 Å². The lowest BCUT2D eigenvalue weighted by Gasteiger charge is -2.20. The van der Waals surface area contributed by atoms with E-state index in [1.807, 2.05) is 11.0 Å². The Morgan fingerprint density at radius 2 is 2.20 bits per heavy atom. The summed E-state index contributed by atoms with van der Waals surface area (Å²) in [6.45, 7) is 1.80. The summed E-state index contributed by atoms with van der Waals surface area (Å²) < 4.78 is 24.0. The van der Waals surface area contributed by atoms with Crippen molar-refractivity contribution in [3.05, 3.63) is 53.5 Å². The van der Waals surface area contributed by atoms with Gasteiger partial charge in [-0.15, -0.1) is 0 Å². The van der Waals surface area contributed by atoms with Gasteiger partial charge in [-0.2, -0.15) is 0 Å². The Morgan fingerprint density at radius 1 is 1.37 bits per heavy atom. The molecule has 2 N–H and O–H groups in total. The van der Waals surface area contributed by atoms with Gasteiger partial charge in [0.1, 0.15) is 11.3 Å². The van der Waals surface area contributed by atoms with Gasteiger partial charge in [0.2, 0.25) is 0 Å². The van der Waals surface area contributed by atoms with Crippen LogP contribution in [-0.2, 0) is 11.3 Å². The molecular formula is C21H26FN5O3. The summed E-state index contributed by atoms with van der Waals surface area (Å²) in [6, 6.07) is 8.44. The monoisotopic (exact) mass is 415 g/mol. The number of nitrogens with one attached hydrogen (secondary N) is 2. The maximum absolute atomic E-state index is 14.0. The minimum absolute atomic E-state index is 0.110. The van der Waals surface area contributed by atoms with Gasteiger partial charge in [0.05, 0.1) is 14.2 Å². The predicted octanol–water partition coefficient (Wildman–Crippen LogP) is 1.96. The topological polar surface area (TPSA) is 88.1 Å². The van der Waals surface area contributed by atoms with Crippen molar-refractivity contribution < 1.29 is 18.7 Å². The molecule has 0 spiro atoms. The number of hydrogen-bond donors (Lipinski definition) is 2. The van der Waals surface area contributed by atoms with Crippen molar-refractivity contribution in [2.45, 2.75) is 19.0 Å². The van der Waals surface area contributed by atoms with Gasteiger partial charge in [-0.25, -0.2) is 14.2 Å². The predicted molar refractivity (Wildman–Crippen MR) is 112 cm³/mol. The number of anilines is 1. The van der Waals surface area contributed by atoms with Crippen LogP contribution in [-0.4, -0.2) is 57.3 Å². The number of pyridine rings is 1. The summed E-state index contributed by atoms with van der Waals surface area (Å²) in [5.41, 5.74) is 1.24. The summed E-state index contributed by atoms with van der Waals surface area (Å²) in [4.78, 5) is 22.3. The van der Waals surface area contributed by atoms with Crippen molar-refractivity contribution in [1.29, 1.82) is 0 Å². The van der Waals surface area contributed by atoms with E-state index in [0.717, 1.165) is 12.0 Å². The number of esters is 1. The molecule has 160 valence electrons. The van der Waals surface area contributed by atoms with Crippen LogP contribution in [0.5, 0.6) is 5.75 Å². The van der Waals surface area contributed by atoms with Gasteiger partial charge in [0.25, 0.3) is 0 Å². The van der Waals surface area contributed by atoms with Crippen molar-refractivity contribution in [2.75, 3.05) is 39.3 Å². The molecule has 3 rings (SSSR count). The molecule has 1 fully saturated rings. The molecule has 9 heteroatoms. The van der Waals surface area contributed by atoms with Gasteiger partial charge in [0.15, 0.2) is 17.6 Å². The molecule has 1 aliphatic rings. The van der Waals surface area contributed by atoms with E-state index in [4.69, 9.17) is 9.47 Å². The fourth-order valence-electron chi connectivity index (χ4n) is 3.39. The largest absolute Gasteiger partial charge is 0.496 e. The standard InChI is InChI=1S/C21H26FN5O3/c1-23-21(25-12-14-6-7-18(29-2)16(11-14)20(28)30-3)26-15-8-10-27(13-15)19-17(22)5-4-9-24-19/h4-7,9,11,15H,8,10,12-13H2,1-3H3,(H2,23,25,26). The van der Waals surface area contributed by atoms with Crippen molar-refractivity contribution in [2.24, 2.45) is 4.99 Å². The number of ether oxygens (including phenoxy) is 2. The van der Waals surface area contributed by atoms with Crippen LogP contribution in [0.25, 0.3) is 0 Å². The van der Waals surface area contributed by atoms with E-state index in [2.05, 4.69) is 20.6 Å². The zero-order valence-electron chi connectivity index (χ0n) is 17.3. The molecule has 0 radical (unpaired) electrons. The normalized spacial score (nSPS) is 16.3. The summed E-state index contributed by atoms with van der Waals surface area (Å²) in [7, 11) is 4.53. The highest BCUT2D eigenvalue weighted by Crippen LogP contribution is 2.22. The lowest BCUT2D eigenvalue weighted by Crippen LogP contribution is -2.44.